The Kier molecular flexibility index (Phi) is 5.26. The van der Waals surface area contributed by atoms with Crippen molar-refractivity contribution in [3.8, 4) is 0 Å². The SMILES string of the molecule is BC(=O)OCc1ccc(CNC(=O)CC)cc1. The van der Waals surface area contributed by atoms with Gasteiger partial charge in [-0.2, -0.15) is 0 Å². The zero-order valence-corrected chi connectivity index (χ0v) is 10.2. The zero-order chi connectivity index (χ0) is 12.7. The van der Waals surface area contributed by atoms with Crippen molar-refractivity contribution in [3.63, 3.8) is 0 Å². The molecule has 0 saturated carbocycles. The summed E-state index contributed by atoms with van der Waals surface area (Å²) in [4.78, 5) is 21.7. The lowest BCUT2D eigenvalue weighted by atomic mass is 10.1. The minimum Gasteiger partial charge on any atom is -0.469 e. The van der Waals surface area contributed by atoms with Gasteiger partial charge in [0.2, 0.25) is 19.6 Å². The first kappa shape index (κ1) is 13.3. The van der Waals surface area contributed by atoms with Crippen LogP contribution in [-0.2, 0) is 22.7 Å². The van der Waals surface area contributed by atoms with Crippen LogP contribution in [0.3, 0.4) is 0 Å². The van der Waals surface area contributed by atoms with E-state index in [-0.39, 0.29) is 18.4 Å². The van der Waals surface area contributed by atoms with Crippen LogP contribution in [0.25, 0.3) is 0 Å². The van der Waals surface area contributed by atoms with E-state index in [1.807, 2.05) is 31.2 Å². The third kappa shape index (κ3) is 5.20. The third-order valence-corrected chi connectivity index (χ3v) is 2.28. The topological polar surface area (TPSA) is 55.4 Å². The molecule has 0 unspecified atom stereocenters. The van der Waals surface area contributed by atoms with E-state index in [1.165, 1.54) is 7.85 Å². The number of carbonyl (C=O) groups is 2. The van der Waals surface area contributed by atoms with Gasteiger partial charge in [0, 0.05) is 13.0 Å². The molecule has 0 radical (unpaired) electrons. The van der Waals surface area contributed by atoms with Crippen molar-refractivity contribution in [2.75, 3.05) is 0 Å². The van der Waals surface area contributed by atoms with Gasteiger partial charge >= 0.3 is 0 Å². The number of rotatable bonds is 5. The lowest BCUT2D eigenvalue weighted by Crippen LogP contribution is -2.21. The number of carbonyl (C=O) groups excluding carboxylic acids is 2. The summed E-state index contributed by atoms with van der Waals surface area (Å²) in [6, 6.07) is 7.59. The molecular formula is C12H16BNO3. The Labute approximate surface area is 102 Å². The standard InChI is InChI=1S/C12H16BNO3/c1-2-11(15)14-7-9-3-5-10(6-4-9)8-17-12(13)16/h3-6H,2,7-8,13H2,1H3,(H,14,15). The highest BCUT2D eigenvalue weighted by Gasteiger charge is 1.99. The fourth-order valence-electron chi connectivity index (χ4n) is 1.26. The van der Waals surface area contributed by atoms with Crippen molar-refractivity contribution in [1.82, 2.24) is 5.32 Å². The van der Waals surface area contributed by atoms with Crippen molar-refractivity contribution >= 4 is 19.6 Å². The monoisotopic (exact) mass is 233 g/mol. The van der Waals surface area contributed by atoms with Gasteiger partial charge in [0.15, 0.2) is 0 Å². The Morgan fingerprint density at radius 3 is 2.35 bits per heavy atom. The lowest BCUT2D eigenvalue weighted by Gasteiger charge is -2.06. The summed E-state index contributed by atoms with van der Waals surface area (Å²) < 4.78 is 4.87. The van der Waals surface area contributed by atoms with Gasteiger partial charge in [0.05, 0.1) is 0 Å². The van der Waals surface area contributed by atoms with E-state index >= 15 is 0 Å². The summed E-state index contributed by atoms with van der Waals surface area (Å²) in [5.41, 5.74) is 1.96. The molecule has 0 spiro atoms. The Morgan fingerprint density at radius 1 is 1.24 bits per heavy atom. The molecule has 1 rings (SSSR count). The molecule has 1 amide bonds. The van der Waals surface area contributed by atoms with Crippen LogP contribution in [0.1, 0.15) is 24.5 Å². The maximum atomic E-state index is 11.1. The van der Waals surface area contributed by atoms with Crippen molar-refractivity contribution < 1.29 is 14.3 Å². The third-order valence-electron chi connectivity index (χ3n) is 2.28. The molecule has 0 atom stereocenters. The minimum absolute atomic E-state index is 0.0361. The van der Waals surface area contributed by atoms with Gasteiger partial charge in [-0.25, -0.2) is 0 Å². The summed E-state index contributed by atoms with van der Waals surface area (Å²) >= 11 is 0. The fraction of sp³-hybridized carbons (Fsp3) is 0.333. The van der Waals surface area contributed by atoms with Gasteiger partial charge < -0.3 is 10.1 Å². The molecule has 4 nitrogen and oxygen atoms in total. The van der Waals surface area contributed by atoms with Crippen molar-refractivity contribution in [2.24, 2.45) is 0 Å². The quantitative estimate of drug-likeness (QED) is 0.771. The van der Waals surface area contributed by atoms with E-state index in [2.05, 4.69) is 5.32 Å². The van der Waals surface area contributed by atoms with Crippen LogP contribution in [0.2, 0.25) is 0 Å². The van der Waals surface area contributed by atoms with E-state index in [9.17, 15) is 9.59 Å². The van der Waals surface area contributed by atoms with Crippen LogP contribution in [0.4, 0.5) is 4.79 Å². The van der Waals surface area contributed by atoms with Crippen molar-refractivity contribution in [2.45, 2.75) is 26.5 Å². The Hall–Kier alpha value is -1.78. The Bertz CT molecular complexity index is 389. The molecule has 0 bridgehead atoms. The van der Waals surface area contributed by atoms with Crippen LogP contribution in [-0.4, -0.2) is 19.6 Å². The highest BCUT2D eigenvalue weighted by molar-refractivity contribution is 6.55. The molecule has 90 valence electrons. The first-order valence-electron chi connectivity index (χ1n) is 5.59. The summed E-state index contributed by atoms with van der Waals surface area (Å²) in [6.45, 7) is 2.63. The van der Waals surface area contributed by atoms with Gasteiger partial charge in [0.25, 0.3) is 0 Å². The molecule has 0 heterocycles. The summed E-state index contributed by atoms with van der Waals surface area (Å²) in [7, 11) is 1.38. The van der Waals surface area contributed by atoms with Crippen LogP contribution < -0.4 is 5.32 Å². The van der Waals surface area contributed by atoms with Gasteiger partial charge in [-0.3, -0.25) is 9.59 Å². The maximum absolute atomic E-state index is 11.1. The molecule has 17 heavy (non-hydrogen) atoms. The average Bonchev–Trinajstić information content (AvgIpc) is 2.34. The number of benzene rings is 1. The second kappa shape index (κ2) is 6.73. The zero-order valence-electron chi connectivity index (χ0n) is 10.2. The largest absolute Gasteiger partial charge is 0.469 e. The smallest absolute Gasteiger partial charge is 0.243 e. The van der Waals surface area contributed by atoms with E-state index in [0.717, 1.165) is 11.1 Å². The Balaban J connectivity index is 2.44. The van der Waals surface area contributed by atoms with Gasteiger partial charge in [0.1, 0.15) is 6.61 Å². The number of amides is 1. The van der Waals surface area contributed by atoms with Gasteiger partial charge in [-0.05, 0) is 11.1 Å². The molecule has 1 N–H and O–H groups in total. The molecule has 0 saturated heterocycles. The highest BCUT2D eigenvalue weighted by atomic mass is 16.5. The normalized spacial score (nSPS) is 9.71. The fourth-order valence-corrected chi connectivity index (χ4v) is 1.26. The lowest BCUT2D eigenvalue weighted by molar-refractivity contribution is -0.120. The Morgan fingerprint density at radius 2 is 1.82 bits per heavy atom. The van der Waals surface area contributed by atoms with E-state index in [1.54, 1.807) is 0 Å². The second-order valence-electron chi connectivity index (χ2n) is 3.73. The first-order valence-corrected chi connectivity index (χ1v) is 5.59. The molecule has 0 aliphatic rings. The predicted octanol–water partition coefficient (Wildman–Crippen LogP) is 0.982. The first-order chi connectivity index (χ1) is 8.11. The molecule has 1 aromatic carbocycles. The van der Waals surface area contributed by atoms with Gasteiger partial charge in [-0.1, -0.05) is 31.2 Å². The van der Waals surface area contributed by atoms with E-state index in [4.69, 9.17) is 4.74 Å². The summed E-state index contributed by atoms with van der Waals surface area (Å²) in [5.74, 6) is -0.252. The molecule has 0 aromatic heterocycles. The molecule has 0 aliphatic carbocycles. The number of hydrogen-bond donors (Lipinski definition) is 1. The summed E-state index contributed by atoms with van der Waals surface area (Å²) in [5, 5.41) is 2.79. The van der Waals surface area contributed by atoms with Crippen molar-refractivity contribution in [1.29, 1.82) is 0 Å². The highest BCUT2D eigenvalue weighted by Crippen LogP contribution is 2.05. The van der Waals surface area contributed by atoms with Crippen LogP contribution in [0, 0.1) is 0 Å². The minimum atomic E-state index is -0.288. The molecule has 0 fully saturated rings. The average molecular weight is 233 g/mol. The second-order valence-corrected chi connectivity index (χ2v) is 3.73. The number of hydrogen-bond acceptors (Lipinski definition) is 3. The summed E-state index contributed by atoms with van der Waals surface area (Å²) in [6.07, 6.45) is 0.491. The van der Waals surface area contributed by atoms with Crippen LogP contribution in [0.15, 0.2) is 24.3 Å². The number of nitrogens with one attached hydrogen (secondary N) is 1. The van der Waals surface area contributed by atoms with Crippen LogP contribution >= 0.6 is 0 Å². The maximum Gasteiger partial charge on any atom is 0.243 e. The van der Waals surface area contributed by atoms with E-state index < -0.39 is 0 Å². The van der Waals surface area contributed by atoms with Crippen molar-refractivity contribution in [3.05, 3.63) is 35.4 Å². The van der Waals surface area contributed by atoms with Crippen LogP contribution in [0.5, 0.6) is 0 Å². The molecule has 0 aliphatic heterocycles. The van der Waals surface area contributed by atoms with Gasteiger partial charge in [-0.15, -0.1) is 0 Å². The van der Waals surface area contributed by atoms with E-state index in [0.29, 0.717) is 13.0 Å². The molecular weight excluding hydrogens is 217 g/mol. The molecule has 1 aromatic rings. The molecule has 5 heteroatoms. The number of ether oxygens (including phenoxy) is 1. The predicted molar refractivity (Wildman–Crippen MR) is 67.3 cm³/mol.